The molecule has 1 aromatic carbocycles. The van der Waals surface area contributed by atoms with E-state index in [4.69, 9.17) is 23.2 Å². The van der Waals surface area contributed by atoms with E-state index < -0.39 is 0 Å². The van der Waals surface area contributed by atoms with Gasteiger partial charge in [-0.05, 0) is 39.3 Å². The number of hydrogen-bond acceptors (Lipinski definition) is 3. The zero-order valence-corrected chi connectivity index (χ0v) is 17.2. The topological polar surface area (TPSA) is 46.9 Å². The first-order chi connectivity index (χ1) is 11.8. The van der Waals surface area contributed by atoms with E-state index in [9.17, 15) is 4.79 Å². The van der Waals surface area contributed by atoms with Crippen LogP contribution in [-0.2, 0) is 11.3 Å². The molecule has 2 rings (SSSR count). The molecule has 4 nitrogen and oxygen atoms in total. The molecule has 0 saturated heterocycles. The largest absolute Gasteiger partial charge is 0.324 e. The molecule has 0 aliphatic rings. The number of aromatic nitrogens is 2. The van der Waals surface area contributed by atoms with Gasteiger partial charge in [0.1, 0.15) is 0 Å². The van der Waals surface area contributed by atoms with E-state index in [1.165, 1.54) is 11.8 Å². The number of imidazole rings is 1. The minimum atomic E-state index is -0.309. The number of nitrogens with zero attached hydrogens (tertiary/aromatic N) is 2. The molecule has 1 N–H and O–H groups in total. The van der Waals surface area contributed by atoms with Gasteiger partial charge in [-0.3, -0.25) is 4.79 Å². The van der Waals surface area contributed by atoms with E-state index in [1.54, 1.807) is 18.2 Å². The number of nitrogens with one attached hydrogen (secondary N) is 1. The third kappa shape index (κ3) is 4.93. The van der Waals surface area contributed by atoms with Gasteiger partial charge in [0.25, 0.3) is 0 Å². The third-order valence-corrected chi connectivity index (χ3v) is 5.93. The molecule has 25 heavy (non-hydrogen) atoms. The van der Waals surface area contributed by atoms with Gasteiger partial charge in [0, 0.05) is 12.2 Å². The second-order valence-corrected chi connectivity index (χ2v) is 8.01. The van der Waals surface area contributed by atoms with Crippen LogP contribution in [-0.4, -0.2) is 20.7 Å². The first kappa shape index (κ1) is 20.1. The maximum absolute atomic E-state index is 12.5. The zero-order valence-electron chi connectivity index (χ0n) is 14.9. The Balaban J connectivity index is 2.11. The van der Waals surface area contributed by atoms with Crippen LogP contribution in [0.15, 0.2) is 23.4 Å². The molecule has 2 aromatic rings. The molecule has 136 valence electrons. The molecule has 0 saturated carbocycles. The summed E-state index contributed by atoms with van der Waals surface area (Å²) in [6.45, 7) is 9.01. The van der Waals surface area contributed by atoms with Gasteiger partial charge in [0.05, 0.1) is 26.7 Å². The number of carbonyl (C=O) groups is 1. The van der Waals surface area contributed by atoms with Crippen molar-refractivity contribution >= 4 is 46.6 Å². The van der Waals surface area contributed by atoms with Crippen molar-refractivity contribution < 1.29 is 4.79 Å². The van der Waals surface area contributed by atoms with Crippen LogP contribution >= 0.6 is 35.0 Å². The molecule has 1 aromatic heterocycles. The Morgan fingerprint density at radius 3 is 2.76 bits per heavy atom. The van der Waals surface area contributed by atoms with Crippen molar-refractivity contribution in [3.8, 4) is 0 Å². The van der Waals surface area contributed by atoms with Crippen molar-refractivity contribution in [3.63, 3.8) is 0 Å². The van der Waals surface area contributed by atoms with Gasteiger partial charge in [-0.15, -0.1) is 0 Å². The number of hydrogen-bond donors (Lipinski definition) is 1. The first-order valence-electron chi connectivity index (χ1n) is 8.30. The molecule has 0 spiro atoms. The van der Waals surface area contributed by atoms with E-state index in [0.717, 1.165) is 35.9 Å². The quantitative estimate of drug-likeness (QED) is 0.604. The lowest BCUT2D eigenvalue weighted by atomic mass is 10.3. The number of rotatable bonds is 7. The van der Waals surface area contributed by atoms with Gasteiger partial charge in [0.15, 0.2) is 5.16 Å². The molecule has 1 atom stereocenters. The number of amides is 1. The Bertz CT molecular complexity index is 761. The molecule has 0 aliphatic heterocycles. The number of benzene rings is 1. The van der Waals surface area contributed by atoms with E-state index in [0.29, 0.717) is 15.7 Å². The van der Waals surface area contributed by atoms with Crippen molar-refractivity contribution in [1.82, 2.24) is 9.55 Å². The predicted octanol–water partition coefficient (Wildman–Crippen LogP) is 5.73. The van der Waals surface area contributed by atoms with Gasteiger partial charge in [-0.2, -0.15) is 0 Å². The van der Waals surface area contributed by atoms with Gasteiger partial charge in [-0.25, -0.2) is 4.98 Å². The summed E-state index contributed by atoms with van der Waals surface area (Å²) in [6, 6.07) is 5.18. The number of thioether (sulfide) groups is 1. The monoisotopic (exact) mass is 399 g/mol. The minimum absolute atomic E-state index is 0.130. The molecule has 0 radical (unpaired) electrons. The molecular formula is C18H23Cl2N3OS. The normalized spacial score (nSPS) is 12.2. The van der Waals surface area contributed by atoms with E-state index in [-0.39, 0.29) is 11.2 Å². The van der Waals surface area contributed by atoms with E-state index in [2.05, 4.69) is 28.7 Å². The maximum atomic E-state index is 12.5. The number of unbranched alkanes of at least 4 members (excludes halogenated alkanes) is 1. The minimum Gasteiger partial charge on any atom is -0.324 e. The Kier molecular flexibility index (Phi) is 7.23. The van der Waals surface area contributed by atoms with Crippen molar-refractivity contribution in [1.29, 1.82) is 0 Å². The van der Waals surface area contributed by atoms with Crippen LogP contribution in [0.5, 0.6) is 0 Å². The molecule has 7 heteroatoms. The highest BCUT2D eigenvalue weighted by Crippen LogP contribution is 2.31. The summed E-state index contributed by atoms with van der Waals surface area (Å²) in [4.78, 5) is 17.1. The van der Waals surface area contributed by atoms with Gasteiger partial charge < -0.3 is 9.88 Å². The first-order valence-corrected chi connectivity index (χ1v) is 9.94. The van der Waals surface area contributed by atoms with Crippen LogP contribution in [0.3, 0.4) is 0 Å². The van der Waals surface area contributed by atoms with Gasteiger partial charge >= 0.3 is 0 Å². The summed E-state index contributed by atoms with van der Waals surface area (Å²) < 4.78 is 2.19. The summed E-state index contributed by atoms with van der Waals surface area (Å²) >= 11 is 13.6. The summed E-state index contributed by atoms with van der Waals surface area (Å²) in [6.07, 6.45) is 2.20. The predicted molar refractivity (Wildman–Crippen MR) is 107 cm³/mol. The van der Waals surface area contributed by atoms with Crippen LogP contribution in [0.2, 0.25) is 10.0 Å². The lowest BCUT2D eigenvalue weighted by molar-refractivity contribution is -0.115. The fraction of sp³-hybridized carbons (Fsp3) is 0.444. The van der Waals surface area contributed by atoms with Crippen molar-refractivity contribution in [2.45, 2.75) is 57.5 Å². The second kappa shape index (κ2) is 8.97. The summed E-state index contributed by atoms with van der Waals surface area (Å²) in [7, 11) is 0. The number of carbonyl (C=O) groups excluding carboxylic acids is 1. The van der Waals surface area contributed by atoms with Crippen LogP contribution in [0.25, 0.3) is 0 Å². The third-order valence-electron chi connectivity index (χ3n) is 4.02. The van der Waals surface area contributed by atoms with Crippen molar-refractivity contribution in [3.05, 3.63) is 39.6 Å². The smallest absolute Gasteiger partial charge is 0.237 e. The van der Waals surface area contributed by atoms with Crippen LogP contribution in [0.1, 0.15) is 38.1 Å². The SMILES string of the molecule is CCCCn1c(SC(C)C(=O)Nc2cccc(Cl)c2Cl)nc(C)c1C. The van der Waals surface area contributed by atoms with E-state index >= 15 is 0 Å². The summed E-state index contributed by atoms with van der Waals surface area (Å²) in [5, 5.41) is 4.18. The molecule has 1 unspecified atom stereocenters. The number of aryl methyl sites for hydroxylation is 1. The molecule has 1 heterocycles. The van der Waals surface area contributed by atoms with Gasteiger partial charge in [-0.1, -0.05) is 54.4 Å². The highest BCUT2D eigenvalue weighted by atomic mass is 35.5. The van der Waals surface area contributed by atoms with Crippen molar-refractivity contribution in [2.24, 2.45) is 0 Å². The highest BCUT2D eigenvalue weighted by molar-refractivity contribution is 8.00. The fourth-order valence-corrected chi connectivity index (χ4v) is 3.71. The lowest BCUT2D eigenvalue weighted by Crippen LogP contribution is -2.23. The standard InChI is InChI=1S/C18H23Cl2N3OS/c1-5-6-10-23-12(3)11(2)21-18(23)25-13(4)17(24)22-15-9-7-8-14(19)16(15)20/h7-9,13H,5-6,10H2,1-4H3,(H,22,24). The Hall–Kier alpha value is -1.17. The highest BCUT2D eigenvalue weighted by Gasteiger charge is 2.20. The number of halogens is 2. The second-order valence-electron chi connectivity index (χ2n) is 5.92. The van der Waals surface area contributed by atoms with Crippen molar-refractivity contribution in [2.75, 3.05) is 5.32 Å². The van der Waals surface area contributed by atoms with E-state index in [1.807, 2.05) is 13.8 Å². The number of anilines is 1. The maximum Gasteiger partial charge on any atom is 0.237 e. The Morgan fingerprint density at radius 2 is 2.08 bits per heavy atom. The average molecular weight is 400 g/mol. The summed E-state index contributed by atoms with van der Waals surface area (Å²) in [5.41, 5.74) is 2.68. The molecule has 0 aliphatic carbocycles. The average Bonchev–Trinajstić information content (AvgIpc) is 2.83. The molecule has 0 bridgehead atoms. The summed E-state index contributed by atoms with van der Waals surface area (Å²) in [5.74, 6) is -0.130. The van der Waals surface area contributed by atoms with Crippen LogP contribution in [0.4, 0.5) is 5.69 Å². The Morgan fingerprint density at radius 1 is 1.36 bits per heavy atom. The lowest BCUT2D eigenvalue weighted by Gasteiger charge is -2.14. The molecule has 0 fully saturated rings. The van der Waals surface area contributed by atoms with Crippen LogP contribution < -0.4 is 5.32 Å². The molecular weight excluding hydrogens is 377 g/mol. The molecule has 1 amide bonds. The van der Waals surface area contributed by atoms with Gasteiger partial charge in [0.2, 0.25) is 5.91 Å². The van der Waals surface area contributed by atoms with Crippen LogP contribution in [0, 0.1) is 13.8 Å². The fourth-order valence-electron chi connectivity index (χ4n) is 2.34. The Labute approximate surface area is 163 Å². The zero-order chi connectivity index (χ0) is 18.6.